The van der Waals surface area contributed by atoms with Crippen molar-refractivity contribution in [2.75, 3.05) is 37.4 Å². The van der Waals surface area contributed by atoms with E-state index >= 15 is 0 Å². The van der Waals surface area contributed by atoms with Gasteiger partial charge in [-0.2, -0.15) is 5.10 Å². The average Bonchev–Trinajstić information content (AvgIpc) is 3.37. The minimum atomic E-state index is -0.320. The molecule has 4 rings (SSSR count). The highest BCUT2D eigenvalue weighted by atomic mass is 16.3. The molecule has 0 aliphatic carbocycles. The van der Waals surface area contributed by atoms with E-state index in [0.717, 1.165) is 41.4 Å². The number of anilines is 2. The number of aromatic amines is 1. The maximum Gasteiger partial charge on any atom is 0.134 e. The summed E-state index contributed by atoms with van der Waals surface area (Å²) in [4.78, 5) is 13.1. The molecule has 152 valence electrons. The van der Waals surface area contributed by atoms with Crippen LogP contribution in [0.25, 0.3) is 11.3 Å². The molecule has 1 aromatic carbocycles. The molecule has 1 aliphatic heterocycles. The van der Waals surface area contributed by atoms with Crippen LogP contribution >= 0.6 is 0 Å². The van der Waals surface area contributed by atoms with Crippen LogP contribution in [0.2, 0.25) is 0 Å². The van der Waals surface area contributed by atoms with Crippen LogP contribution in [0.3, 0.4) is 0 Å². The van der Waals surface area contributed by atoms with Crippen molar-refractivity contribution in [1.82, 2.24) is 25.1 Å². The third-order valence-electron chi connectivity index (χ3n) is 5.15. The average molecular weight is 393 g/mol. The smallest absolute Gasteiger partial charge is 0.134 e. The van der Waals surface area contributed by atoms with Crippen LogP contribution in [-0.4, -0.2) is 69.5 Å². The van der Waals surface area contributed by atoms with Gasteiger partial charge in [-0.15, -0.1) is 0 Å². The number of hydrogen-bond acceptors (Lipinski definition) is 7. The normalized spacial score (nSPS) is 19.1. The van der Waals surface area contributed by atoms with Crippen molar-refractivity contribution < 1.29 is 5.11 Å². The highest BCUT2D eigenvalue weighted by Gasteiger charge is 2.32. The molecule has 2 aromatic heterocycles. The minimum Gasteiger partial charge on any atom is -0.391 e. The fraction of sp³-hybridized carbons (Fsp3) is 0.381. The number of aliphatic hydroxyl groups is 1. The Kier molecular flexibility index (Phi) is 5.73. The number of H-pyrrole nitrogens is 1. The largest absolute Gasteiger partial charge is 0.391 e. The van der Waals surface area contributed by atoms with E-state index in [-0.39, 0.29) is 12.1 Å². The molecule has 0 amide bonds. The Bertz CT molecular complexity index is 911. The van der Waals surface area contributed by atoms with Gasteiger partial charge in [0.2, 0.25) is 0 Å². The third kappa shape index (κ3) is 4.72. The van der Waals surface area contributed by atoms with E-state index < -0.39 is 0 Å². The second-order valence-corrected chi connectivity index (χ2v) is 7.74. The fourth-order valence-electron chi connectivity index (χ4n) is 3.78. The van der Waals surface area contributed by atoms with Crippen LogP contribution in [0.4, 0.5) is 11.6 Å². The van der Waals surface area contributed by atoms with E-state index in [4.69, 9.17) is 0 Å². The topological polar surface area (TPSA) is 93.2 Å². The molecule has 8 nitrogen and oxygen atoms in total. The summed E-state index contributed by atoms with van der Waals surface area (Å²) >= 11 is 0. The summed E-state index contributed by atoms with van der Waals surface area (Å²) in [5.41, 5.74) is 3.27. The number of likely N-dealkylation sites (N-methyl/N-ethyl adjacent to an activating group) is 1. The SMILES string of the molecule is CN(C)C[C@H]1C[C@@H](O)CN1c1cc(NCc2ccc(-c3ccn[nH]3)cc2)ncn1. The summed E-state index contributed by atoms with van der Waals surface area (Å²) < 4.78 is 0. The lowest BCUT2D eigenvalue weighted by Crippen LogP contribution is -2.38. The fourth-order valence-corrected chi connectivity index (χ4v) is 3.78. The molecule has 0 radical (unpaired) electrons. The number of rotatable bonds is 7. The third-order valence-corrected chi connectivity index (χ3v) is 5.15. The zero-order chi connectivity index (χ0) is 20.2. The van der Waals surface area contributed by atoms with Gasteiger partial charge in [0.25, 0.3) is 0 Å². The van der Waals surface area contributed by atoms with Gasteiger partial charge in [0.05, 0.1) is 11.8 Å². The van der Waals surface area contributed by atoms with Crippen LogP contribution in [0.15, 0.2) is 48.9 Å². The highest BCUT2D eigenvalue weighted by Crippen LogP contribution is 2.26. The lowest BCUT2D eigenvalue weighted by molar-refractivity contribution is 0.191. The monoisotopic (exact) mass is 393 g/mol. The molecule has 2 atom stereocenters. The molecule has 29 heavy (non-hydrogen) atoms. The van der Waals surface area contributed by atoms with Crippen molar-refractivity contribution in [3.8, 4) is 11.3 Å². The Balaban J connectivity index is 1.41. The van der Waals surface area contributed by atoms with Crippen LogP contribution < -0.4 is 10.2 Å². The number of benzene rings is 1. The molecule has 0 unspecified atom stereocenters. The van der Waals surface area contributed by atoms with Gasteiger partial charge in [-0.25, -0.2) is 9.97 Å². The Morgan fingerprint density at radius 2 is 2.03 bits per heavy atom. The predicted octanol–water partition coefficient (Wildman–Crippen LogP) is 1.98. The standard InChI is InChI=1S/C21H27N7O/c1-27(2)12-17-9-18(29)13-28(17)21-10-20(23-14-24-21)22-11-15-3-5-16(6-4-15)19-7-8-25-26-19/h3-8,10,14,17-18,29H,9,11-13H2,1-2H3,(H,25,26)(H,22,23,24)/t17-,18-/m1/s1. The van der Waals surface area contributed by atoms with Gasteiger partial charge in [0.15, 0.2) is 0 Å². The molecule has 1 aliphatic rings. The molecular formula is C21H27N7O. The van der Waals surface area contributed by atoms with E-state index in [2.05, 4.69) is 59.5 Å². The Labute approximate surface area is 170 Å². The van der Waals surface area contributed by atoms with Crippen molar-refractivity contribution in [1.29, 1.82) is 0 Å². The summed E-state index contributed by atoms with van der Waals surface area (Å²) in [5.74, 6) is 1.62. The van der Waals surface area contributed by atoms with E-state index in [1.807, 2.05) is 26.2 Å². The summed E-state index contributed by atoms with van der Waals surface area (Å²) in [7, 11) is 4.10. The van der Waals surface area contributed by atoms with Gasteiger partial charge >= 0.3 is 0 Å². The van der Waals surface area contributed by atoms with Crippen molar-refractivity contribution in [3.63, 3.8) is 0 Å². The quantitative estimate of drug-likeness (QED) is 0.565. The summed E-state index contributed by atoms with van der Waals surface area (Å²) in [6, 6.07) is 12.5. The Morgan fingerprint density at radius 3 is 2.76 bits per heavy atom. The van der Waals surface area contributed by atoms with Gasteiger partial charge in [-0.1, -0.05) is 24.3 Å². The van der Waals surface area contributed by atoms with Gasteiger partial charge in [-0.3, -0.25) is 5.10 Å². The number of nitrogens with one attached hydrogen (secondary N) is 2. The van der Waals surface area contributed by atoms with Crippen molar-refractivity contribution in [2.24, 2.45) is 0 Å². The molecular weight excluding hydrogens is 366 g/mol. The van der Waals surface area contributed by atoms with Crippen molar-refractivity contribution >= 4 is 11.6 Å². The molecule has 3 N–H and O–H groups in total. The molecule has 3 aromatic rings. The van der Waals surface area contributed by atoms with E-state index in [9.17, 15) is 5.11 Å². The first-order chi connectivity index (χ1) is 14.1. The van der Waals surface area contributed by atoms with E-state index in [1.165, 1.54) is 0 Å². The van der Waals surface area contributed by atoms with Crippen LogP contribution in [-0.2, 0) is 6.54 Å². The Hall–Kier alpha value is -2.97. The second-order valence-electron chi connectivity index (χ2n) is 7.74. The lowest BCUT2D eigenvalue weighted by Gasteiger charge is -2.27. The Morgan fingerprint density at radius 1 is 1.21 bits per heavy atom. The summed E-state index contributed by atoms with van der Waals surface area (Å²) in [6.07, 6.45) is 3.77. The van der Waals surface area contributed by atoms with Crippen LogP contribution in [0.1, 0.15) is 12.0 Å². The number of β-amino-alcohol motifs (C(OH)–C–C–N with tert-alkyl or cyclic N) is 1. The van der Waals surface area contributed by atoms with Gasteiger partial charge in [0, 0.05) is 37.9 Å². The first-order valence-corrected chi connectivity index (χ1v) is 9.82. The highest BCUT2D eigenvalue weighted by molar-refractivity contribution is 5.59. The van der Waals surface area contributed by atoms with E-state index in [0.29, 0.717) is 13.1 Å². The molecule has 3 heterocycles. The van der Waals surface area contributed by atoms with E-state index in [1.54, 1.807) is 12.5 Å². The first kappa shape index (κ1) is 19.4. The van der Waals surface area contributed by atoms with Gasteiger partial charge in [0.1, 0.15) is 18.0 Å². The molecule has 8 heteroatoms. The number of aromatic nitrogens is 4. The van der Waals surface area contributed by atoms with Crippen molar-refractivity contribution in [2.45, 2.75) is 25.1 Å². The minimum absolute atomic E-state index is 0.248. The van der Waals surface area contributed by atoms with Gasteiger partial charge in [-0.05, 0) is 37.7 Å². The number of aliphatic hydroxyl groups excluding tert-OH is 1. The summed E-state index contributed by atoms with van der Waals surface area (Å²) in [6.45, 7) is 2.15. The maximum atomic E-state index is 10.1. The molecule has 1 saturated heterocycles. The zero-order valence-corrected chi connectivity index (χ0v) is 16.8. The number of nitrogens with zero attached hydrogens (tertiary/aromatic N) is 5. The van der Waals surface area contributed by atoms with Crippen molar-refractivity contribution in [3.05, 3.63) is 54.5 Å². The first-order valence-electron chi connectivity index (χ1n) is 9.82. The lowest BCUT2D eigenvalue weighted by atomic mass is 10.1. The zero-order valence-electron chi connectivity index (χ0n) is 16.8. The molecule has 1 fully saturated rings. The maximum absolute atomic E-state index is 10.1. The summed E-state index contributed by atoms with van der Waals surface area (Å²) in [5, 5.41) is 20.5. The molecule has 0 saturated carbocycles. The number of hydrogen-bond donors (Lipinski definition) is 3. The molecule has 0 spiro atoms. The predicted molar refractivity (Wildman–Crippen MR) is 114 cm³/mol. The molecule has 0 bridgehead atoms. The second kappa shape index (κ2) is 8.59. The van der Waals surface area contributed by atoms with Gasteiger partial charge < -0.3 is 20.2 Å². The van der Waals surface area contributed by atoms with Crippen LogP contribution in [0, 0.1) is 0 Å². The van der Waals surface area contributed by atoms with Crippen LogP contribution in [0.5, 0.6) is 0 Å².